The summed E-state index contributed by atoms with van der Waals surface area (Å²) in [5, 5.41) is 7.70. The second-order valence-corrected chi connectivity index (χ2v) is 6.23. The van der Waals surface area contributed by atoms with Crippen molar-refractivity contribution in [2.45, 2.75) is 12.7 Å². The molecule has 0 spiro atoms. The number of aryl methyl sites for hydroxylation is 1. The lowest BCUT2D eigenvalue weighted by molar-refractivity contribution is 0.601. The molecule has 0 aliphatic heterocycles. The van der Waals surface area contributed by atoms with Crippen molar-refractivity contribution in [1.82, 2.24) is 4.98 Å². The summed E-state index contributed by atoms with van der Waals surface area (Å²) in [5.74, 6) is -0.161. The maximum absolute atomic E-state index is 11.0. The first-order chi connectivity index (χ1) is 6.29. The number of sulfone groups is 1. The molecule has 0 radical (unpaired) electrons. The van der Waals surface area contributed by atoms with Gasteiger partial charge in [0.15, 0.2) is 9.84 Å². The molecule has 0 saturated heterocycles. The fraction of sp³-hybridized carbons (Fsp3) is 0.429. The van der Waals surface area contributed by atoms with E-state index in [0.717, 1.165) is 17.6 Å². The smallest absolute Gasteiger partial charge is 0.153 e. The zero-order chi connectivity index (χ0) is 10.9. The Balaban J connectivity index is 3.04. The summed E-state index contributed by atoms with van der Waals surface area (Å²) in [5.41, 5.74) is 5.91. The number of thiazole rings is 1. The molecule has 0 saturated carbocycles. The molecule has 3 N–H and O–H groups in total. The summed E-state index contributed by atoms with van der Waals surface area (Å²) < 4.78 is 21.9. The SMILES string of the molecule is Cc1nc(CS(C)(=O)=O)sc1C(=N)N. The van der Waals surface area contributed by atoms with Gasteiger partial charge in [-0.1, -0.05) is 0 Å². The Labute approximate surface area is 86.4 Å². The molecule has 0 fully saturated rings. The Hall–Kier alpha value is -0.950. The number of aromatic nitrogens is 1. The van der Waals surface area contributed by atoms with E-state index in [0.29, 0.717) is 15.6 Å². The summed E-state index contributed by atoms with van der Waals surface area (Å²) in [6.07, 6.45) is 1.15. The van der Waals surface area contributed by atoms with Crippen LogP contribution in [0.25, 0.3) is 0 Å². The number of rotatable bonds is 3. The van der Waals surface area contributed by atoms with Gasteiger partial charge in [-0.2, -0.15) is 0 Å². The van der Waals surface area contributed by atoms with Crippen molar-refractivity contribution in [3.8, 4) is 0 Å². The Bertz CT molecular complexity index is 461. The first-order valence-corrected chi connectivity index (χ1v) is 6.65. The minimum absolute atomic E-state index is 0.0697. The predicted octanol–water partition coefficient (Wildman–Crippen LogP) is 0.280. The molecule has 0 unspecified atom stereocenters. The third kappa shape index (κ3) is 2.78. The van der Waals surface area contributed by atoms with E-state index in [1.807, 2.05) is 0 Å². The van der Waals surface area contributed by atoms with Crippen LogP contribution in [0.5, 0.6) is 0 Å². The van der Waals surface area contributed by atoms with Gasteiger partial charge in [0.2, 0.25) is 0 Å². The molecule has 0 aliphatic rings. The fourth-order valence-electron chi connectivity index (χ4n) is 0.988. The lowest BCUT2D eigenvalue weighted by Gasteiger charge is -1.91. The first-order valence-electron chi connectivity index (χ1n) is 3.78. The lowest BCUT2D eigenvalue weighted by Crippen LogP contribution is -2.10. The van der Waals surface area contributed by atoms with Crippen molar-refractivity contribution in [2.75, 3.05) is 6.26 Å². The van der Waals surface area contributed by atoms with Gasteiger partial charge < -0.3 is 5.73 Å². The minimum atomic E-state index is -3.07. The van der Waals surface area contributed by atoms with Crippen molar-refractivity contribution in [3.05, 3.63) is 15.6 Å². The third-order valence-corrected chi connectivity index (χ3v) is 3.64. The monoisotopic (exact) mass is 233 g/mol. The molecule has 0 bridgehead atoms. The van der Waals surface area contributed by atoms with E-state index >= 15 is 0 Å². The van der Waals surface area contributed by atoms with Gasteiger partial charge in [-0.3, -0.25) is 5.41 Å². The van der Waals surface area contributed by atoms with Gasteiger partial charge in [0, 0.05) is 6.26 Å². The summed E-state index contributed by atoms with van der Waals surface area (Å²) in [4.78, 5) is 4.58. The van der Waals surface area contributed by atoms with Crippen LogP contribution in [0.2, 0.25) is 0 Å². The zero-order valence-corrected chi connectivity index (χ0v) is 9.50. The highest BCUT2D eigenvalue weighted by molar-refractivity contribution is 7.90. The summed E-state index contributed by atoms with van der Waals surface area (Å²) in [7, 11) is -3.07. The summed E-state index contributed by atoms with van der Waals surface area (Å²) >= 11 is 1.15. The molecule has 0 aliphatic carbocycles. The molecule has 1 aromatic heterocycles. The van der Waals surface area contributed by atoms with Crippen LogP contribution >= 0.6 is 11.3 Å². The fourth-order valence-corrected chi connectivity index (χ4v) is 3.10. The maximum atomic E-state index is 11.0. The van der Waals surface area contributed by atoms with Gasteiger partial charge in [0.25, 0.3) is 0 Å². The van der Waals surface area contributed by atoms with Gasteiger partial charge in [-0.15, -0.1) is 11.3 Å². The molecule has 1 aromatic rings. The van der Waals surface area contributed by atoms with E-state index in [4.69, 9.17) is 11.1 Å². The van der Waals surface area contributed by atoms with Gasteiger partial charge >= 0.3 is 0 Å². The summed E-state index contributed by atoms with van der Waals surface area (Å²) in [6.45, 7) is 1.71. The highest BCUT2D eigenvalue weighted by Crippen LogP contribution is 2.18. The van der Waals surface area contributed by atoms with Crippen LogP contribution in [-0.2, 0) is 15.6 Å². The molecular weight excluding hydrogens is 222 g/mol. The van der Waals surface area contributed by atoms with E-state index in [9.17, 15) is 8.42 Å². The van der Waals surface area contributed by atoms with E-state index in [2.05, 4.69) is 4.98 Å². The molecule has 5 nitrogen and oxygen atoms in total. The van der Waals surface area contributed by atoms with Crippen molar-refractivity contribution in [1.29, 1.82) is 5.41 Å². The molecule has 14 heavy (non-hydrogen) atoms. The first kappa shape index (κ1) is 11.1. The Kier molecular flexibility index (Phi) is 2.91. The number of amidine groups is 1. The van der Waals surface area contributed by atoms with E-state index in [1.54, 1.807) is 6.92 Å². The highest BCUT2D eigenvalue weighted by atomic mass is 32.2. The molecule has 7 heteroatoms. The van der Waals surface area contributed by atoms with Crippen LogP contribution < -0.4 is 5.73 Å². The van der Waals surface area contributed by atoms with Crippen molar-refractivity contribution < 1.29 is 8.42 Å². The maximum Gasteiger partial charge on any atom is 0.153 e. The Morgan fingerprint density at radius 3 is 2.57 bits per heavy atom. The number of hydrogen-bond donors (Lipinski definition) is 2. The number of nitrogens with two attached hydrogens (primary N) is 1. The number of nitrogen functional groups attached to an aromatic ring is 1. The van der Waals surface area contributed by atoms with Gasteiger partial charge in [0.05, 0.1) is 10.6 Å². The molecule has 78 valence electrons. The molecule has 0 atom stereocenters. The normalized spacial score (nSPS) is 11.6. The van der Waals surface area contributed by atoms with Gasteiger partial charge in [-0.05, 0) is 6.92 Å². The molecule has 1 rings (SSSR count). The second-order valence-electron chi connectivity index (χ2n) is 3.01. The number of hydrogen-bond acceptors (Lipinski definition) is 5. The van der Waals surface area contributed by atoms with E-state index in [-0.39, 0.29) is 11.6 Å². The van der Waals surface area contributed by atoms with Crippen molar-refractivity contribution in [3.63, 3.8) is 0 Å². The average Bonchev–Trinajstić information content (AvgIpc) is 2.26. The van der Waals surface area contributed by atoms with Crippen LogP contribution in [0.3, 0.4) is 0 Å². The van der Waals surface area contributed by atoms with Gasteiger partial charge in [0.1, 0.15) is 16.6 Å². The molecule has 0 amide bonds. The minimum Gasteiger partial charge on any atom is -0.383 e. The van der Waals surface area contributed by atoms with Crippen LogP contribution in [0.4, 0.5) is 0 Å². The molecular formula is C7H11N3O2S2. The quantitative estimate of drug-likeness (QED) is 0.579. The van der Waals surface area contributed by atoms with Crippen molar-refractivity contribution in [2.24, 2.45) is 5.73 Å². The predicted molar refractivity (Wildman–Crippen MR) is 56.4 cm³/mol. The topological polar surface area (TPSA) is 96.9 Å². The lowest BCUT2D eigenvalue weighted by atomic mass is 10.4. The van der Waals surface area contributed by atoms with Crippen LogP contribution in [0.15, 0.2) is 0 Å². The second kappa shape index (κ2) is 3.66. The van der Waals surface area contributed by atoms with Crippen LogP contribution in [0, 0.1) is 12.3 Å². The van der Waals surface area contributed by atoms with Gasteiger partial charge in [-0.25, -0.2) is 13.4 Å². The third-order valence-electron chi connectivity index (χ3n) is 1.47. The average molecular weight is 233 g/mol. The standard InChI is InChI=1S/C7H11N3O2S2/c1-4-6(7(8)9)13-5(10-4)3-14(2,11)12/h3H2,1-2H3,(H3,8,9). The van der Waals surface area contributed by atoms with Crippen LogP contribution in [-0.4, -0.2) is 25.5 Å². The number of nitrogens with zero attached hydrogens (tertiary/aromatic N) is 1. The number of nitrogens with one attached hydrogen (secondary N) is 1. The van der Waals surface area contributed by atoms with E-state index in [1.165, 1.54) is 0 Å². The Morgan fingerprint density at radius 1 is 1.64 bits per heavy atom. The zero-order valence-electron chi connectivity index (χ0n) is 7.86. The molecule has 0 aromatic carbocycles. The highest BCUT2D eigenvalue weighted by Gasteiger charge is 2.13. The molecule has 1 heterocycles. The summed E-state index contributed by atoms with van der Waals surface area (Å²) in [6, 6.07) is 0. The largest absolute Gasteiger partial charge is 0.383 e. The van der Waals surface area contributed by atoms with Crippen molar-refractivity contribution >= 4 is 27.0 Å². The van der Waals surface area contributed by atoms with E-state index < -0.39 is 9.84 Å². The Morgan fingerprint density at radius 2 is 2.21 bits per heavy atom. The van der Waals surface area contributed by atoms with Crippen LogP contribution in [0.1, 0.15) is 15.6 Å².